The van der Waals surface area contributed by atoms with E-state index in [-0.39, 0.29) is 0 Å². The van der Waals surface area contributed by atoms with E-state index in [1.165, 1.54) is 41.7 Å². The number of hydrogen-bond donors (Lipinski definition) is 0. The number of nitrogens with zero attached hydrogens (tertiary/aromatic N) is 1. The van der Waals surface area contributed by atoms with Crippen LogP contribution in [0, 0.1) is 5.92 Å². The van der Waals surface area contributed by atoms with Crippen molar-refractivity contribution in [3.05, 3.63) is 28.2 Å². The molecule has 1 aliphatic heterocycles. The molecular weight excluding hydrogens is 262 g/mol. The summed E-state index contributed by atoms with van der Waals surface area (Å²) in [6.45, 7) is 7.01. The molecule has 2 heteroatoms. The third-order valence-electron chi connectivity index (χ3n) is 3.42. The van der Waals surface area contributed by atoms with Crippen LogP contribution in [0.25, 0.3) is 0 Å². The average molecular weight is 282 g/mol. The van der Waals surface area contributed by atoms with Crippen LogP contribution in [0.1, 0.15) is 32.3 Å². The maximum absolute atomic E-state index is 3.54. The first-order valence-electron chi connectivity index (χ1n) is 6.28. The molecule has 0 radical (unpaired) electrons. The van der Waals surface area contributed by atoms with Gasteiger partial charge in [0.1, 0.15) is 0 Å². The molecular formula is C14H20BrN. The van der Waals surface area contributed by atoms with Crippen molar-refractivity contribution >= 4 is 21.6 Å². The van der Waals surface area contributed by atoms with Crippen LogP contribution in [0.4, 0.5) is 5.69 Å². The SMILES string of the molecule is CCCC1CN(c2ccc(Br)cc2CC)C1. The third kappa shape index (κ3) is 2.42. The Morgan fingerprint density at radius 1 is 1.31 bits per heavy atom. The lowest BCUT2D eigenvalue weighted by atomic mass is 9.93. The van der Waals surface area contributed by atoms with Gasteiger partial charge in [0, 0.05) is 23.2 Å². The molecule has 1 aliphatic rings. The molecule has 1 saturated heterocycles. The topological polar surface area (TPSA) is 3.24 Å². The van der Waals surface area contributed by atoms with Gasteiger partial charge in [-0.1, -0.05) is 36.2 Å². The second kappa shape index (κ2) is 5.22. The summed E-state index contributed by atoms with van der Waals surface area (Å²) in [4.78, 5) is 2.52. The largest absolute Gasteiger partial charge is 0.371 e. The highest BCUT2D eigenvalue weighted by Gasteiger charge is 2.26. The molecule has 1 aromatic carbocycles. The molecule has 16 heavy (non-hydrogen) atoms. The molecule has 1 fully saturated rings. The average Bonchev–Trinajstić information content (AvgIpc) is 2.23. The molecule has 0 unspecified atom stereocenters. The predicted molar refractivity (Wildman–Crippen MR) is 74.1 cm³/mol. The quantitative estimate of drug-likeness (QED) is 0.798. The molecule has 0 bridgehead atoms. The predicted octanol–water partition coefficient (Wildman–Crippen LogP) is 4.25. The van der Waals surface area contributed by atoms with Gasteiger partial charge in [-0.15, -0.1) is 0 Å². The number of aryl methyl sites for hydroxylation is 1. The molecule has 0 atom stereocenters. The summed E-state index contributed by atoms with van der Waals surface area (Å²) in [5.74, 6) is 0.929. The number of rotatable bonds is 4. The lowest BCUT2D eigenvalue weighted by molar-refractivity contribution is 0.380. The van der Waals surface area contributed by atoms with Gasteiger partial charge in [0.25, 0.3) is 0 Å². The Morgan fingerprint density at radius 2 is 2.06 bits per heavy atom. The second-order valence-corrected chi connectivity index (χ2v) is 5.60. The minimum absolute atomic E-state index is 0.929. The van der Waals surface area contributed by atoms with Crippen LogP contribution in [0.15, 0.2) is 22.7 Å². The van der Waals surface area contributed by atoms with E-state index in [0.29, 0.717) is 0 Å². The fourth-order valence-electron chi connectivity index (χ4n) is 2.50. The minimum Gasteiger partial charge on any atom is -0.371 e. The van der Waals surface area contributed by atoms with E-state index in [4.69, 9.17) is 0 Å². The maximum atomic E-state index is 3.54. The van der Waals surface area contributed by atoms with E-state index < -0.39 is 0 Å². The number of benzene rings is 1. The Labute approximate surface area is 107 Å². The summed E-state index contributed by atoms with van der Waals surface area (Å²) in [6, 6.07) is 6.66. The second-order valence-electron chi connectivity index (χ2n) is 4.69. The zero-order valence-electron chi connectivity index (χ0n) is 10.2. The summed E-state index contributed by atoms with van der Waals surface area (Å²) < 4.78 is 1.19. The molecule has 0 N–H and O–H groups in total. The highest BCUT2D eigenvalue weighted by Crippen LogP contribution is 2.31. The van der Waals surface area contributed by atoms with Gasteiger partial charge in [0.15, 0.2) is 0 Å². The fourth-order valence-corrected chi connectivity index (χ4v) is 2.91. The van der Waals surface area contributed by atoms with Crippen LogP contribution < -0.4 is 4.90 Å². The van der Waals surface area contributed by atoms with Crippen LogP contribution >= 0.6 is 15.9 Å². The standard InChI is InChI=1S/C14H20BrN/c1-3-5-11-9-16(10-11)14-7-6-13(15)8-12(14)4-2/h6-8,11H,3-5,9-10H2,1-2H3. The summed E-state index contributed by atoms with van der Waals surface area (Å²) in [7, 11) is 0. The van der Waals surface area contributed by atoms with Gasteiger partial charge in [-0.05, 0) is 42.5 Å². The third-order valence-corrected chi connectivity index (χ3v) is 3.91. The fraction of sp³-hybridized carbons (Fsp3) is 0.571. The van der Waals surface area contributed by atoms with Gasteiger partial charge in [-0.2, -0.15) is 0 Å². The molecule has 0 aliphatic carbocycles. The van der Waals surface area contributed by atoms with Crippen molar-refractivity contribution in [2.24, 2.45) is 5.92 Å². The monoisotopic (exact) mass is 281 g/mol. The van der Waals surface area contributed by atoms with Gasteiger partial charge in [-0.3, -0.25) is 0 Å². The van der Waals surface area contributed by atoms with Gasteiger partial charge in [0.05, 0.1) is 0 Å². The zero-order chi connectivity index (χ0) is 11.5. The first kappa shape index (κ1) is 12.0. The van der Waals surface area contributed by atoms with Crippen molar-refractivity contribution in [3.8, 4) is 0 Å². The Hall–Kier alpha value is -0.500. The Morgan fingerprint density at radius 3 is 2.69 bits per heavy atom. The summed E-state index contributed by atoms with van der Waals surface area (Å²) in [5, 5.41) is 0. The van der Waals surface area contributed by atoms with Crippen molar-refractivity contribution < 1.29 is 0 Å². The number of hydrogen-bond acceptors (Lipinski definition) is 1. The van der Waals surface area contributed by atoms with Gasteiger partial charge in [0.2, 0.25) is 0 Å². The molecule has 0 saturated carbocycles. The zero-order valence-corrected chi connectivity index (χ0v) is 11.8. The van der Waals surface area contributed by atoms with Crippen LogP contribution in [-0.4, -0.2) is 13.1 Å². The molecule has 2 rings (SSSR count). The van der Waals surface area contributed by atoms with Crippen molar-refractivity contribution in [1.82, 2.24) is 0 Å². The highest BCUT2D eigenvalue weighted by molar-refractivity contribution is 9.10. The molecule has 1 heterocycles. The van der Waals surface area contributed by atoms with Crippen molar-refractivity contribution in [2.75, 3.05) is 18.0 Å². The van der Waals surface area contributed by atoms with E-state index in [9.17, 15) is 0 Å². The Balaban J connectivity index is 2.05. The first-order valence-corrected chi connectivity index (χ1v) is 7.07. The first-order chi connectivity index (χ1) is 7.74. The number of anilines is 1. The van der Waals surface area contributed by atoms with E-state index in [2.05, 4.69) is 52.9 Å². The van der Waals surface area contributed by atoms with Crippen LogP contribution in [0.3, 0.4) is 0 Å². The molecule has 0 aromatic heterocycles. The van der Waals surface area contributed by atoms with Crippen molar-refractivity contribution in [2.45, 2.75) is 33.1 Å². The van der Waals surface area contributed by atoms with E-state index >= 15 is 0 Å². The molecule has 0 spiro atoms. The van der Waals surface area contributed by atoms with E-state index in [0.717, 1.165) is 12.3 Å². The van der Waals surface area contributed by atoms with Crippen molar-refractivity contribution in [1.29, 1.82) is 0 Å². The van der Waals surface area contributed by atoms with Gasteiger partial charge >= 0.3 is 0 Å². The van der Waals surface area contributed by atoms with Crippen LogP contribution in [-0.2, 0) is 6.42 Å². The molecule has 1 aromatic rings. The van der Waals surface area contributed by atoms with Crippen LogP contribution in [0.5, 0.6) is 0 Å². The Kier molecular flexibility index (Phi) is 3.91. The minimum atomic E-state index is 0.929. The maximum Gasteiger partial charge on any atom is 0.0399 e. The highest BCUT2D eigenvalue weighted by atomic mass is 79.9. The lowest BCUT2D eigenvalue weighted by Gasteiger charge is -2.42. The smallest absolute Gasteiger partial charge is 0.0399 e. The van der Waals surface area contributed by atoms with Gasteiger partial charge in [-0.25, -0.2) is 0 Å². The van der Waals surface area contributed by atoms with E-state index in [1.54, 1.807) is 0 Å². The summed E-state index contributed by atoms with van der Waals surface area (Å²) in [5.41, 5.74) is 2.90. The molecule has 0 amide bonds. The Bertz CT molecular complexity index is 356. The summed E-state index contributed by atoms with van der Waals surface area (Å²) in [6.07, 6.45) is 3.82. The lowest BCUT2D eigenvalue weighted by Crippen LogP contribution is -2.47. The number of halogens is 1. The summed E-state index contributed by atoms with van der Waals surface area (Å²) >= 11 is 3.54. The molecule has 88 valence electrons. The normalized spacial score (nSPS) is 16.3. The van der Waals surface area contributed by atoms with Crippen LogP contribution in [0.2, 0.25) is 0 Å². The van der Waals surface area contributed by atoms with Gasteiger partial charge < -0.3 is 4.90 Å². The van der Waals surface area contributed by atoms with Crippen molar-refractivity contribution in [3.63, 3.8) is 0 Å². The van der Waals surface area contributed by atoms with E-state index in [1.807, 2.05) is 0 Å². The molecule has 1 nitrogen and oxygen atoms in total.